The maximum Gasteiger partial charge on any atom is 0.406 e. The number of fused-ring (bicyclic) bond motifs is 7. The number of carbonyl (C=O) groups excluding carboxylic acids is 4. The van der Waals surface area contributed by atoms with Gasteiger partial charge in [0, 0.05) is 103 Å². The van der Waals surface area contributed by atoms with Crippen molar-refractivity contribution in [3.05, 3.63) is 52.1 Å². The fraction of sp³-hybridized carbons (Fsp3) is 0.672. The van der Waals surface area contributed by atoms with Crippen LogP contribution in [0.2, 0.25) is 0 Å². The molecule has 3 aromatic heterocycles. The number of ether oxygens (including phenoxy) is 2. The third kappa shape index (κ3) is 11.3. The summed E-state index contributed by atoms with van der Waals surface area (Å²) < 4.78 is 59.1. The zero-order valence-corrected chi connectivity index (χ0v) is 48.7. The van der Waals surface area contributed by atoms with Crippen LogP contribution in [0, 0.1) is 22.7 Å². The second-order valence-corrected chi connectivity index (χ2v) is 27.6. The monoisotopic (exact) mass is 1150 g/mol. The number of hydrazine groups is 1. The highest BCUT2D eigenvalue weighted by molar-refractivity contribution is 7.10. The molecule has 6 bridgehead atoms. The number of alkyl halides is 3. The van der Waals surface area contributed by atoms with Gasteiger partial charge >= 0.3 is 12.1 Å². The molecule has 8 fully saturated rings. The first kappa shape index (κ1) is 56.0. The largest absolute Gasteiger partial charge is 0.464 e. The topological polar surface area (TPSA) is 180 Å². The van der Waals surface area contributed by atoms with Gasteiger partial charge in [0.25, 0.3) is 5.91 Å². The van der Waals surface area contributed by atoms with Gasteiger partial charge in [0.15, 0.2) is 0 Å². The number of piperazine rings is 1. The quantitative estimate of drug-likeness (QED) is 0.110. The molecule has 10 heterocycles. The number of likely N-dealkylation sites (tertiary alicyclic amines) is 2. The number of amides is 3. The Morgan fingerprint density at radius 1 is 0.963 bits per heavy atom. The van der Waals surface area contributed by atoms with Gasteiger partial charge < -0.3 is 29.2 Å². The third-order valence-corrected chi connectivity index (χ3v) is 20.5. The van der Waals surface area contributed by atoms with Crippen molar-refractivity contribution in [3.63, 3.8) is 0 Å². The number of nitrogens with one attached hydrogen (secondary N) is 3. The van der Waals surface area contributed by atoms with Gasteiger partial charge in [0.1, 0.15) is 24.7 Å². The van der Waals surface area contributed by atoms with E-state index < -0.39 is 42.2 Å². The summed E-state index contributed by atoms with van der Waals surface area (Å²) in [6, 6.07) is 5.65. The van der Waals surface area contributed by atoms with Crippen molar-refractivity contribution in [1.82, 2.24) is 50.3 Å². The molecule has 0 radical (unpaired) electrons. The molecule has 82 heavy (non-hydrogen) atoms. The van der Waals surface area contributed by atoms with Crippen molar-refractivity contribution in [1.29, 1.82) is 0 Å². The summed E-state index contributed by atoms with van der Waals surface area (Å²) >= 11 is 1.37. The summed E-state index contributed by atoms with van der Waals surface area (Å²) in [7, 11) is 0. The van der Waals surface area contributed by atoms with Crippen molar-refractivity contribution < 1.29 is 41.8 Å². The van der Waals surface area contributed by atoms with Crippen molar-refractivity contribution in [2.45, 2.75) is 160 Å². The predicted molar refractivity (Wildman–Crippen MR) is 306 cm³/mol. The number of morpholine rings is 1. The normalized spacial score (nSPS) is 28.9. The Bertz CT molecular complexity index is 3100. The van der Waals surface area contributed by atoms with E-state index in [0.29, 0.717) is 114 Å². The Hall–Kier alpha value is -5.19. The molecule has 1 aromatic carbocycles. The highest BCUT2D eigenvalue weighted by Gasteiger charge is 2.55. The van der Waals surface area contributed by atoms with E-state index in [-0.39, 0.29) is 66.5 Å². The minimum atomic E-state index is -4.58. The summed E-state index contributed by atoms with van der Waals surface area (Å²) in [6.45, 7) is 14.3. The Balaban J connectivity index is 0.842. The fourth-order valence-corrected chi connectivity index (χ4v) is 16.0. The standard InChI is InChI=1S/C61H80F3N11O6S/c1-36(2)50-43(25-40(28-65-50)71-21-20-70-22-23-80-30-41(70)29-71)54-44-27-59(3,4)35-81-58(79)45-10-7-17-75(69-45)56(77)46(26-49-66-47(31-82-49)39-13-14-48(42(44)24-39)74(54)34-61(62,63)64)67-55(76)53(38-8-5-6-9-38)72-18-15-60(32-72)16-19-73(33-60)57(78)52-51(68-52)37-11-12-37/h13-14,24-25,28,31,36-38,41,45-46,51-53,68-69H,5-12,15-23,26-27,29-30,32-35H2,1-4H3,(H,67,76)/t41-,45-,46-,51+,52+,53-,60-/m0/s1. The number of hydrogen-bond acceptors (Lipinski definition) is 14. The maximum atomic E-state index is 15.2. The molecule has 4 aromatic rings. The predicted octanol–water partition coefficient (Wildman–Crippen LogP) is 6.92. The lowest BCUT2D eigenvalue weighted by molar-refractivity contribution is -0.155. The summed E-state index contributed by atoms with van der Waals surface area (Å²) in [5, 5.41) is 11.4. The van der Waals surface area contributed by atoms with Crippen LogP contribution in [0.5, 0.6) is 0 Å². The summed E-state index contributed by atoms with van der Waals surface area (Å²) in [5.41, 5.74) is 7.31. The first-order valence-corrected chi connectivity index (χ1v) is 31.3. The SMILES string of the molecule is CC(C)c1ncc(N2CCN3CCOC[C@@H]3C2)cc1-c1c2c3cc(ccc3n1CC(F)(F)F)-c1csc(n1)C[C@H](NC(=O)[C@H](C1CCCC1)N1CC[C@]3(CCN(C(=O)[C@@H]4N[C@@H]4C4CC4)C3)C1)C(=O)N1CCC[C@H](N1)C(=O)OCC(C)(C)C2. The van der Waals surface area contributed by atoms with E-state index in [1.165, 1.54) is 33.8 Å². The molecule has 13 rings (SSSR count). The van der Waals surface area contributed by atoms with E-state index in [0.717, 1.165) is 76.9 Å². The second kappa shape index (κ2) is 22.0. The number of halogens is 3. The van der Waals surface area contributed by atoms with Crippen LogP contribution in [0.1, 0.15) is 114 Å². The van der Waals surface area contributed by atoms with Gasteiger partial charge in [-0.1, -0.05) is 46.6 Å². The number of aromatic nitrogens is 3. The molecule has 21 heteroatoms. The molecule has 0 unspecified atom stereocenters. The molecule has 3 N–H and O–H groups in total. The molecule has 7 aliphatic heterocycles. The molecule has 7 atom stereocenters. The Morgan fingerprint density at radius 2 is 1.78 bits per heavy atom. The zero-order valence-electron chi connectivity index (χ0n) is 47.9. The van der Waals surface area contributed by atoms with Gasteiger partial charge in [-0.05, 0) is 106 Å². The molecule has 3 amide bonds. The average Bonchev–Trinajstić information content (AvgIpc) is 3.19. The van der Waals surface area contributed by atoms with Crippen LogP contribution in [-0.4, -0.2) is 179 Å². The lowest BCUT2D eigenvalue weighted by atomic mass is 9.84. The lowest BCUT2D eigenvalue weighted by Gasteiger charge is -2.44. The number of esters is 1. The van der Waals surface area contributed by atoms with Crippen LogP contribution >= 0.6 is 11.3 Å². The zero-order chi connectivity index (χ0) is 56.8. The fourth-order valence-electron chi connectivity index (χ4n) is 15.1. The number of pyridine rings is 1. The van der Waals surface area contributed by atoms with E-state index in [1.807, 2.05) is 57.5 Å². The van der Waals surface area contributed by atoms with Crippen LogP contribution in [0.4, 0.5) is 18.9 Å². The Kier molecular flexibility index (Phi) is 15.0. The average molecular weight is 1150 g/mol. The van der Waals surface area contributed by atoms with Crippen molar-refractivity contribution in [2.24, 2.45) is 22.7 Å². The van der Waals surface area contributed by atoms with Crippen LogP contribution in [0.25, 0.3) is 33.4 Å². The van der Waals surface area contributed by atoms with Gasteiger partial charge in [0.05, 0.1) is 65.9 Å². The number of carbonyl (C=O) groups is 4. The van der Waals surface area contributed by atoms with E-state index in [9.17, 15) is 9.59 Å². The summed E-state index contributed by atoms with van der Waals surface area (Å²) in [4.78, 5) is 77.5. The van der Waals surface area contributed by atoms with Crippen molar-refractivity contribution in [3.8, 4) is 22.5 Å². The number of nitrogens with zero attached hydrogens (tertiary/aromatic N) is 8. The number of hydrogen-bond donors (Lipinski definition) is 3. The number of anilines is 1. The molecule has 442 valence electrons. The maximum absolute atomic E-state index is 15.2. The molecule has 1 spiro atoms. The number of rotatable bonds is 10. The lowest BCUT2D eigenvalue weighted by Crippen LogP contribution is -2.62. The minimum Gasteiger partial charge on any atom is -0.464 e. The minimum absolute atomic E-state index is 0.0481. The summed E-state index contributed by atoms with van der Waals surface area (Å²) in [5.74, 6) is -0.281. The first-order valence-electron chi connectivity index (χ1n) is 30.4. The van der Waals surface area contributed by atoms with Gasteiger partial charge in [-0.3, -0.25) is 44.3 Å². The van der Waals surface area contributed by atoms with Crippen molar-refractivity contribution >= 4 is 51.6 Å². The van der Waals surface area contributed by atoms with E-state index in [4.69, 9.17) is 19.4 Å². The van der Waals surface area contributed by atoms with Gasteiger partial charge in [-0.25, -0.2) is 10.4 Å². The molecule has 6 saturated heterocycles. The number of cyclic esters (lactones) is 1. The second-order valence-electron chi connectivity index (χ2n) is 26.6. The van der Waals surface area contributed by atoms with Crippen LogP contribution in [-0.2, 0) is 48.0 Å². The van der Waals surface area contributed by atoms with Crippen LogP contribution in [0.3, 0.4) is 0 Å². The molecule has 9 aliphatic rings. The number of benzene rings is 1. The molecule has 2 saturated carbocycles. The molecular weight excluding hydrogens is 1070 g/mol. The number of thiazole rings is 1. The van der Waals surface area contributed by atoms with E-state index in [2.05, 4.69) is 35.7 Å². The highest BCUT2D eigenvalue weighted by Crippen LogP contribution is 2.47. The van der Waals surface area contributed by atoms with E-state index in [1.54, 1.807) is 6.07 Å². The van der Waals surface area contributed by atoms with Gasteiger partial charge in [0.2, 0.25) is 11.8 Å². The third-order valence-electron chi connectivity index (χ3n) is 19.6. The molecular formula is C61H80F3N11O6S. The van der Waals surface area contributed by atoms with Crippen molar-refractivity contribution in [2.75, 3.05) is 83.6 Å². The highest BCUT2D eigenvalue weighted by atomic mass is 32.1. The molecule has 17 nitrogen and oxygen atoms in total. The first-order chi connectivity index (χ1) is 39.4. The van der Waals surface area contributed by atoms with Gasteiger partial charge in [-0.15, -0.1) is 11.3 Å². The van der Waals surface area contributed by atoms with Crippen LogP contribution in [0.15, 0.2) is 35.8 Å². The molecule has 2 aliphatic carbocycles. The van der Waals surface area contributed by atoms with Crippen LogP contribution < -0.4 is 21.0 Å². The smallest absolute Gasteiger partial charge is 0.406 e. The van der Waals surface area contributed by atoms with Gasteiger partial charge in [-0.2, -0.15) is 13.2 Å². The Labute approximate surface area is 482 Å². The summed E-state index contributed by atoms with van der Waals surface area (Å²) in [6.07, 6.45) is 6.61. The van der Waals surface area contributed by atoms with E-state index >= 15 is 22.8 Å². The Morgan fingerprint density at radius 3 is 2.57 bits per heavy atom.